The largest absolute Gasteiger partial charge is 0.386 e. The van der Waals surface area contributed by atoms with Crippen LogP contribution in [0.3, 0.4) is 0 Å². The Hall–Kier alpha value is -2.89. The molecule has 0 bridgehead atoms. The van der Waals surface area contributed by atoms with Crippen molar-refractivity contribution in [2.75, 3.05) is 39.4 Å². The normalized spacial score (nSPS) is 21.8. The van der Waals surface area contributed by atoms with Gasteiger partial charge in [-0.15, -0.1) is 5.10 Å². The van der Waals surface area contributed by atoms with Crippen LogP contribution < -0.4 is 5.73 Å². The average Bonchev–Trinajstić information content (AvgIpc) is 3.58. The molecule has 0 amide bonds. The van der Waals surface area contributed by atoms with Crippen LogP contribution in [0.5, 0.6) is 0 Å². The molecule has 0 saturated carbocycles. The molecule has 2 aromatic carbocycles. The summed E-state index contributed by atoms with van der Waals surface area (Å²) in [6, 6.07) is 10.2. The Balaban J connectivity index is 1.37. The van der Waals surface area contributed by atoms with Crippen LogP contribution in [-0.4, -0.2) is 87.3 Å². The molecule has 0 aliphatic carbocycles. The predicted molar refractivity (Wildman–Crippen MR) is 142 cm³/mol. The molecule has 2 saturated heterocycles. The molecule has 3 aromatic rings. The van der Waals surface area contributed by atoms with Crippen LogP contribution >= 0.6 is 23.2 Å². The number of nitrogens with two attached hydrogens (primary N) is 1. The molecule has 0 spiro atoms. The maximum Gasteiger partial charge on any atom is 0.143 e. The number of rotatable bonds is 7. The van der Waals surface area contributed by atoms with E-state index in [-0.39, 0.29) is 11.1 Å². The van der Waals surface area contributed by atoms with Crippen molar-refractivity contribution < 1.29 is 9.13 Å². The van der Waals surface area contributed by atoms with E-state index in [4.69, 9.17) is 33.7 Å². The van der Waals surface area contributed by atoms with Crippen LogP contribution in [0, 0.1) is 5.82 Å². The molecule has 0 radical (unpaired) electrons. The van der Waals surface area contributed by atoms with Gasteiger partial charge in [-0.25, -0.2) is 9.38 Å². The first kappa shape index (κ1) is 25.7. The number of amidine groups is 1. The first-order chi connectivity index (χ1) is 18.0. The zero-order valence-electron chi connectivity index (χ0n) is 20.1. The SMILES string of the molecule is NC(=Nc1ccc(F)c(Cl)c1)[C@@H]1C[C@H](N2CCOCC2)CN1C/C=C/c1cc(Cl)ccc1-n1cnnn1. The van der Waals surface area contributed by atoms with Gasteiger partial charge in [-0.3, -0.25) is 9.80 Å². The first-order valence-corrected chi connectivity index (χ1v) is 12.8. The summed E-state index contributed by atoms with van der Waals surface area (Å²) in [6.07, 6.45) is 6.47. The van der Waals surface area contributed by atoms with Crippen molar-refractivity contribution >= 4 is 40.8 Å². The first-order valence-electron chi connectivity index (χ1n) is 12.0. The highest BCUT2D eigenvalue weighted by molar-refractivity contribution is 6.31. The molecule has 2 N–H and O–H groups in total. The molecule has 2 fully saturated rings. The van der Waals surface area contributed by atoms with Gasteiger partial charge in [-0.05, 0) is 53.2 Å². The lowest BCUT2D eigenvalue weighted by Gasteiger charge is -2.32. The summed E-state index contributed by atoms with van der Waals surface area (Å²) in [5.41, 5.74) is 8.78. The second-order valence-electron chi connectivity index (χ2n) is 9.00. The number of aromatic nitrogens is 4. The van der Waals surface area contributed by atoms with Crippen LogP contribution in [-0.2, 0) is 4.74 Å². The van der Waals surface area contributed by atoms with E-state index in [1.165, 1.54) is 12.1 Å². The molecule has 1 aromatic heterocycles. The van der Waals surface area contributed by atoms with Crippen LogP contribution in [0.15, 0.2) is 53.8 Å². The van der Waals surface area contributed by atoms with E-state index in [0.29, 0.717) is 29.1 Å². The van der Waals surface area contributed by atoms with E-state index in [2.05, 4.69) is 36.4 Å². The number of halogens is 3. The van der Waals surface area contributed by atoms with Gasteiger partial charge in [-0.1, -0.05) is 35.4 Å². The Morgan fingerprint density at radius 3 is 2.78 bits per heavy atom. The fourth-order valence-electron chi connectivity index (χ4n) is 4.83. The number of nitrogens with zero attached hydrogens (tertiary/aromatic N) is 7. The molecule has 2 aliphatic heterocycles. The summed E-state index contributed by atoms with van der Waals surface area (Å²) in [5, 5.41) is 12.1. The number of hydrogen-bond acceptors (Lipinski definition) is 7. The summed E-state index contributed by atoms with van der Waals surface area (Å²) in [4.78, 5) is 9.35. The number of morpholine rings is 1. The number of hydrogen-bond donors (Lipinski definition) is 1. The highest BCUT2D eigenvalue weighted by Gasteiger charge is 2.37. The third-order valence-electron chi connectivity index (χ3n) is 6.67. The van der Waals surface area contributed by atoms with Crippen molar-refractivity contribution in [2.45, 2.75) is 18.5 Å². The van der Waals surface area contributed by atoms with Crippen molar-refractivity contribution in [3.63, 3.8) is 0 Å². The van der Waals surface area contributed by atoms with E-state index in [0.717, 1.165) is 50.5 Å². The summed E-state index contributed by atoms with van der Waals surface area (Å²) >= 11 is 12.2. The maximum atomic E-state index is 13.6. The topological polar surface area (TPSA) is 97.7 Å². The highest BCUT2D eigenvalue weighted by Crippen LogP contribution is 2.27. The molecular weight excluding hydrogens is 518 g/mol. The zero-order chi connectivity index (χ0) is 25.8. The molecule has 2 aliphatic rings. The third-order valence-corrected chi connectivity index (χ3v) is 7.19. The van der Waals surface area contributed by atoms with Gasteiger partial charge in [0.25, 0.3) is 0 Å². The van der Waals surface area contributed by atoms with Gasteiger partial charge in [0.1, 0.15) is 18.0 Å². The maximum absolute atomic E-state index is 13.6. The molecule has 0 unspecified atom stereocenters. The molecule has 3 heterocycles. The quantitative estimate of drug-likeness (QED) is 0.358. The number of benzene rings is 2. The van der Waals surface area contributed by atoms with Gasteiger partial charge in [0.2, 0.25) is 0 Å². The molecular formula is C25H27Cl2FN8O. The fraction of sp³-hybridized carbons (Fsp3) is 0.360. The number of ether oxygens (including phenoxy) is 1. The second kappa shape index (κ2) is 11.7. The number of aliphatic imine (C=N–C) groups is 1. The van der Waals surface area contributed by atoms with Crippen molar-refractivity contribution in [2.24, 2.45) is 10.7 Å². The summed E-state index contributed by atoms with van der Waals surface area (Å²) < 4.78 is 20.8. The lowest BCUT2D eigenvalue weighted by molar-refractivity contribution is 0.0187. The Morgan fingerprint density at radius 1 is 1.19 bits per heavy atom. The molecule has 37 heavy (non-hydrogen) atoms. The fourth-order valence-corrected chi connectivity index (χ4v) is 5.18. The standard InChI is InChI=1S/C25H27Cl2FN8O/c26-18-3-6-23(36-16-30-32-33-36)17(12-18)2-1-7-35-15-20(34-8-10-37-11-9-34)14-24(35)25(29)31-19-4-5-22(28)21(27)13-19/h1-6,12-13,16,20,24H,7-11,14-15H2,(H2,29,31)/b2-1+/t20-,24-/m0/s1. The molecule has 12 heteroatoms. The van der Waals surface area contributed by atoms with E-state index in [9.17, 15) is 4.39 Å². The van der Waals surface area contributed by atoms with Crippen molar-refractivity contribution in [3.8, 4) is 5.69 Å². The van der Waals surface area contributed by atoms with Crippen LogP contribution in [0.25, 0.3) is 11.8 Å². The smallest absolute Gasteiger partial charge is 0.143 e. The van der Waals surface area contributed by atoms with Crippen LogP contribution in [0.1, 0.15) is 12.0 Å². The second-order valence-corrected chi connectivity index (χ2v) is 9.85. The summed E-state index contributed by atoms with van der Waals surface area (Å²) in [6.45, 7) is 4.73. The molecule has 2 atom stereocenters. The van der Waals surface area contributed by atoms with E-state index >= 15 is 0 Å². The van der Waals surface area contributed by atoms with Gasteiger partial charge in [0.15, 0.2) is 0 Å². The van der Waals surface area contributed by atoms with Gasteiger partial charge in [0, 0.05) is 42.8 Å². The van der Waals surface area contributed by atoms with E-state index in [1.54, 1.807) is 23.1 Å². The number of tetrazole rings is 1. The Morgan fingerprint density at radius 2 is 2.03 bits per heavy atom. The number of likely N-dealkylation sites (tertiary alicyclic amines) is 1. The summed E-state index contributed by atoms with van der Waals surface area (Å²) in [5.74, 6) is -0.00905. The van der Waals surface area contributed by atoms with Gasteiger partial charge in [0.05, 0.1) is 35.7 Å². The van der Waals surface area contributed by atoms with Crippen LogP contribution in [0.4, 0.5) is 10.1 Å². The lowest BCUT2D eigenvalue weighted by Crippen LogP contribution is -2.44. The zero-order valence-corrected chi connectivity index (χ0v) is 21.6. The Labute approximate surface area is 224 Å². The molecule has 5 rings (SSSR count). The molecule has 194 valence electrons. The minimum absolute atomic E-state index is 0.0198. The van der Waals surface area contributed by atoms with Crippen LogP contribution in [0.2, 0.25) is 10.0 Å². The summed E-state index contributed by atoms with van der Waals surface area (Å²) in [7, 11) is 0. The predicted octanol–water partition coefficient (Wildman–Crippen LogP) is 3.59. The van der Waals surface area contributed by atoms with Gasteiger partial charge in [-0.2, -0.15) is 4.68 Å². The third kappa shape index (κ3) is 6.16. The van der Waals surface area contributed by atoms with Gasteiger partial charge < -0.3 is 10.5 Å². The highest BCUT2D eigenvalue weighted by atomic mass is 35.5. The monoisotopic (exact) mass is 544 g/mol. The minimum atomic E-state index is -0.485. The van der Waals surface area contributed by atoms with Crippen molar-refractivity contribution in [3.05, 3.63) is 70.2 Å². The molecule has 9 nitrogen and oxygen atoms in total. The van der Waals surface area contributed by atoms with E-state index < -0.39 is 5.82 Å². The van der Waals surface area contributed by atoms with Crippen molar-refractivity contribution in [1.82, 2.24) is 30.0 Å². The minimum Gasteiger partial charge on any atom is -0.386 e. The Kier molecular flexibility index (Phi) is 8.11. The Bertz CT molecular complexity index is 1280. The van der Waals surface area contributed by atoms with Gasteiger partial charge >= 0.3 is 0 Å². The van der Waals surface area contributed by atoms with E-state index in [1.807, 2.05) is 18.2 Å². The van der Waals surface area contributed by atoms with Crippen molar-refractivity contribution in [1.29, 1.82) is 0 Å². The average molecular weight is 545 g/mol. The lowest BCUT2D eigenvalue weighted by atomic mass is 10.1.